The van der Waals surface area contributed by atoms with Crippen molar-refractivity contribution in [3.05, 3.63) is 216 Å². The molecule has 0 unspecified atom stereocenters. The maximum absolute atomic E-state index is 6.31. The van der Waals surface area contributed by atoms with Crippen molar-refractivity contribution in [2.45, 2.75) is 0 Å². The molecule has 0 fully saturated rings. The van der Waals surface area contributed by atoms with E-state index in [4.69, 9.17) is 9.84 Å². The number of ether oxygens (including phenoxy) is 1. The first kappa shape index (κ1) is 39.1. The van der Waals surface area contributed by atoms with E-state index in [1.165, 1.54) is 100 Å². The molecule has 0 amide bonds. The molecule has 312 valence electrons. The summed E-state index contributed by atoms with van der Waals surface area (Å²) in [5, 5.41) is 18.9. The number of hydrogen-bond donors (Lipinski definition) is 0. The third kappa shape index (κ3) is 6.66. The lowest BCUT2D eigenvalue weighted by atomic mass is 9.93. The summed E-state index contributed by atoms with van der Waals surface area (Å²) >= 11 is 7.37. The Bertz CT molecular complexity index is 3390. The van der Waals surface area contributed by atoms with Crippen molar-refractivity contribution < 1.29 is 4.74 Å². The van der Waals surface area contributed by atoms with E-state index < -0.39 is 0 Å². The fraction of sp³-hybridized carbons (Fsp3) is 0.0169. The van der Waals surface area contributed by atoms with Gasteiger partial charge in [-0.25, -0.2) is 0 Å². The van der Waals surface area contributed by atoms with Crippen LogP contribution < -0.4 is 0 Å². The van der Waals surface area contributed by atoms with Gasteiger partial charge in [-0.05, 0) is 80.5 Å². The van der Waals surface area contributed by atoms with E-state index in [0.29, 0.717) is 12.5 Å². The molecule has 1 aliphatic rings. The van der Waals surface area contributed by atoms with Gasteiger partial charge in [-0.3, -0.25) is 0 Å². The highest BCUT2D eigenvalue weighted by Crippen LogP contribution is 2.52. The van der Waals surface area contributed by atoms with Crippen LogP contribution in [0, 0.1) is 0 Å². The molecule has 0 saturated heterocycles. The summed E-state index contributed by atoms with van der Waals surface area (Å²) in [4.78, 5) is 2.46. The molecule has 1 aliphatic heterocycles. The van der Waals surface area contributed by atoms with Gasteiger partial charge in [-0.15, -0.1) is 55.5 Å². The monoisotopic (exact) mass is 916 g/mol. The van der Waals surface area contributed by atoms with Crippen LogP contribution in [-0.2, 0) is 4.74 Å². The molecule has 0 radical (unpaired) electrons. The second-order valence-corrected chi connectivity index (χ2v) is 20.3. The van der Waals surface area contributed by atoms with E-state index in [1.54, 1.807) is 0 Å². The molecule has 7 heteroatoms. The van der Waals surface area contributed by atoms with Crippen molar-refractivity contribution in [1.82, 2.24) is 0 Å². The smallest absolute Gasteiger partial charge is 0.241 e. The van der Waals surface area contributed by atoms with Crippen LogP contribution in [0.3, 0.4) is 0 Å². The lowest BCUT2D eigenvalue weighted by molar-refractivity contribution is 0.357. The van der Waals surface area contributed by atoms with Gasteiger partial charge in [-0.1, -0.05) is 158 Å². The van der Waals surface area contributed by atoms with Crippen LogP contribution in [0.4, 0.5) is 0 Å². The molecule has 8 aromatic carbocycles. The summed E-state index contributed by atoms with van der Waals surface area (Å²) in [5.74, 6) is 0.532. The molecule has 0 aliphatic carbocycles. The minimum atomic E-state index is 0.346. The van der Waals surface area contributed by atoms with E-state index in [2.05, 4.69) is 210 Å². The van der Waals surface area contributed by atoms with E-state index in [9.17, 15) is 0 Å². The molecule has 0 atom stereocenters. The van der Waals surface area contributed by atoms with E-state index in [0.717, 1.165) is 22.4 Å². The first-order valence-electron chi connectivity index (χ1n) is 21.9. The summed E-state index contributed by atoms with van der Waals surface area (Å²) in [5.41, 5.74) is 15.2. The first-order valence-corrected chi connectivity index (χ1v) is 25.3. The molecule has 0 saturated carbocycles. The largest absolute Gasteiger partial charge is 0.470 e. The average Bonchev–Trinajstić information content (AvgIpc) is 4.24. The van der Waals surface area contributed by atoms with Gasteiger partial charge in [0.15, 0.2) is 0 Å². The normalized spacial score (nSPS) is 12.8. The van der Waals surface area contributed by atoms with Gasteiger partial charge in [0, 0.05) is 83.5 Å². The van der Waals surface area contributed by atoms with Crippen LogP contribution in [0.2, 0.25) is 0 Å². The second kappa shape index (κ2) is 16.3. The fourth-order valence-corrected chi connectivity index (χ4v) is 13.9. The minimum Gasteiger partial charge on any atom is -0.470 e. The van der Waals surface area contributed by atoms with Crippen LogP contribution in [0.5, 0.6) is 0 Å². The Labute approximate surface area is 397 Å². The van der Waals surface area contributed by atoms with Gasteiger partial charge < -0.3 is 4.74 Å². The topological polar surface area (TPSA) is 34.0 Å². The van der Waals surface area contributed by atoms with Crippen LogP contribution in [0.25, 0.3) is 106 Å². The highest BCUT2D eigenvalue weighted by molar-refractivity contribution is 7.24. The summed E-state index contributed by atoms with van der Waals surface area (Å²) in [6.07, 6.45) is 0. The highest BCUT2D eigenvalue weighted by atomic mass is 32.1. The Morgan fingerprint density at radius 3 is 1.11 bits per heavy atom. The van der Waals surface area contributed by atoms with Gasteiger partial charge >= 0.3 is 0 Å². The van der Waals surface area contributed by atoms with E-state index in [-0.39, 0.29) is 0 Å². The van der Waals surface area contributed by atoms with Crippen molar-refractivity contribution in [2.75, 3.05) is 6.61 Å². The zero-order chi connectivity index (χ0) is 43.6. The number of fused-ring (bicyclic) bond motifs is 4. The van der Waals surface area contributed by atoms with Crippen LogP contribution >= 0.6 is 45.3 Å². The zero-order valence-electron chi connectivity index (χ0n) is 35.3. The number of hydrogen-bond acceptors (Lipinski definition) is 7. The SMILES string of the molecule is c1ccc(-c2c3cc(-c4ccc(C5=NN=C(c6ccc(-c7cc8c(-c9ccccc9)c9sccc9c(-c9ccccc9)c8s7)cc6)OC5)cc4)sc3c(-c3ccccc3)c3ccsc23)cc1. The predicted molar refractivity (Wildman–Crippen MR) is 286 cm³/mol. The number of benzene rings is 8. The van der Waals surface area contributed by atoms with Crippen molar-refractivity contribution in [2.24, 2.45) is 10.2 Å². The van der Waals surface area contributed by atoms with E-state index >= 15 is 0 Å². The van der Waals surface area contributed by atoms with Crippen molar-refractivity contribution >= 4 is 97.3 Å². The zero-order valence-corrected chi connectivity index (χ0v) is 38.5. The maximum Gasteiger partial charge on any atom is 0.241 e. The number of thiophene rings is 4. The molecule has 0 N–H and O–H groups in total. The molecule has 13 rings (SSSR count). The van der Waals surface area contributed by atoms with Crippen molar-refractivity contribution in [3.8, 4) is 65.4 Å². The van der Waals surface area contributed by atoms with Crippen LogP contribution in [0.15, 0.2) is 215 Å². The third-order valence-corrected chi connectivity index (χ3v) is 16.8. The molecular formula is C59H36N2OS4. The molecule has 5 heterocycles. The molecule has 12 aromatic rings. The third-order valence-electron chi connectivity index (χ3n) is 12.6. The Kier molecular flexibility index (Phi) is 9.67. The Balaban J connectivity index is 0.809. The molecule has 0 spiro atoms. The van der Waals surface area contributed by atoms with Gasteiger partial charge in [0.25, 0.3) is 0 Å². The molecule has 66 heavy (non-hydrogen) atoms. The molecule has 3 nitrogen and oxygen atoms in total. The van der Waals surface area contributed by atoms with Crippen molar-refractivity contribution in [3.63, 3.8) is 0 Å². The average molecular weight is 917 g/mol. The Hall–Kier alpha value is -7.26. The molecule has 4 aromatic heterocycles. The Morgan fingerprint density at radius 1 is 0.333 bits per heavy atom. The van der Waals surface area contributed by atoms with Gasteiger partial charge in [0.05, 0.1) is 0 Å². The van der Waals surface area contributed by atoms with Crippen LogP contribution in [-0.4, -0.2) is 18.2 Å². The molecule has 0 bridgehead atoms. The summed E-state index contributed by atoms with van der Waals surface area (Å²) < 4.78 is 11.6. The predicted octanol–water partition coefficient (Wildman–Crippen LogP) is 17.7. The van der Waals surface area contributed by atoms with Crippen LogP contribution in [0.1, 0.15) is 11.1 Å². The number of nitrogens with zero attached hydrogens (tertiary/aromatic N) is 2. The minimum absolute atomic E-state index is 0.346. The van der Waals surface area contributed by atoms with E-state index in [1.807, 2.05) is 45.3 Å². The van der Waals surface area contributed by atoms with Gasteiger partial charge in [0.2, 0.25) is 5.90 Å². The lowest BCUT2D eigenvalue weighted by Gasteiger charge is -2.15. The second-order valence-electron chi connectivity index (χ2n) is 16.4. The Morgan fingerprint density at radius 2 is 0.712 bits per heavy atom. The first-order chi connectivity index (χ1) is 32.7. The highest BCUT2D eigenvalue weighted by Gasteiger charge is 2.23. The standard InChI is InChI=1S/C59H36N2OS4/c1-5-13-39(14-6-1)51-44-29-31-63-55(44)53(41-17-9-3-10-18-41)46-33-49(65-57(46)51)37-23-21-36(22-24-37)48-35-62-59(61-60-48)43-27-25-38(26-28-43)50-34-47-54(42-19-11-4-12-20-42)56-45(30-32-64-56)52(58(47)66-50)40-15-7-2-8-16-40/h1-34H,35H2. The summed E-state index contributed by atoms with van der Waals surface area (Å²) in [6, 6.07) is 69.9. The summed E-state index contributed by atoms with van der Waals surface area (Å²) in [6.45, 7) is 0.346. The lowest BCUT2D eigenvalue weighted by Crippen LogP contribution is -2.19. The fourth-order valence-electron chi connectivity index (χ4n) is 9.45. The quantitative estimate of drug-likeness (QED) is 0.150. The van der Waals surface area contributed by atoms with Crippen molar-refractivity contribution in [1.29, 1.82) is 0 Å². The maximum atomic E-state index is 6.31. The van der Waals surface area contributed by atoms with Gasteiger partial charge in [-0.2, -0.15) is 0 Å². The summed E-state index contributed by atoms with van der Waals surface area (Å²) in [7, 11) is 0. The molecular weight excluding hydrogens is 881 g/mol. The number of rotatable bonds is 8. The van der Waals surface area contributed by atoms with Gasteiger partial charge in [0.1, 0.15) is 12.3 Å².